The van der Waals surface area contributed by atoms with Gasteiger partial charge in [-0.2, -0.15) is 0 Å². The van der Waals surface area contributed by atoms with Gasteiger partial charge in [-0.05, 0) is 90.0 Å². The second-order valence-electron chi connectivity index (χ2n) is 14.7. The molecule has 0 aliphatic rings. The van der Waals surface area contributed by atoms with Gasteiger partial charge in [-0.15, -0.1) is 0 Å². The Balaban J connectivity index is 1.20. The van der Waals surface area contributed by atoms with Gasteiger partial charge in [-0.1, -0.05) is 146 Å². The topological polar surface area (TPSA) is 19.6 Å². The SMILES string of the molecule is Cc1cccc(N(c2ccc3c(c2)oc2cc(N(c4cccc(C)c4)c4ccccc4-c4ccccc4)c4ccccc4c23)c2ccccc2-c2ccccc2)c1. The lowest BCUT2D eigenvalue weighted by molar-refractivity contribution is 0.669. The molecule has 10 rings (SSSR count). The molecular weight excluding hydrogens is 693 g/mol. The van der Waals surface area contributed by atoms with Crippen molar-refractivity contribution in [3.63, 3.8) is 0 Å². The van der Waals surface area contributed by atoms with E-state index in [4.69, 9.17) is 4.42 Å². The molecule has 0 aliphatic heterocycles. The summed E-state index contributed by atoms with van der Waals surface area (Å²) in [4.78, 5) is 4.75. The van der Waals surface area contributed by atoms with E-state index in [-0.39, 0.29) is 0 Å². The summed E-state index contributed by atoms with van der Waals surface area (Å²) in [5.74, 6) is 0. The minimum atomic E-state index is 0.839. The van der Waals surface area contributed by atoms with Gasteiger partial charge in [0.2, 0.25) is 0 Å². The minimum absolute atomic E-state index is 0.839. The Morgan fingerprint density at radius 3 is 1.46 bits per heavy atom. The molecule has 0 saturated heterocycles. The first-order valence-electron chi connectivity index (χ1n) is 19.5. The highest BCUT2D eigenvalue weighted by molar-refractivity contribution is 6.23. The molecule has 0 amide bonds. The van der Waals surface area contributed by atoms with Crippen molar-refractivity contribution in [3.05, 3.63) is 217 Å². The van der Waals surface area contributed by atoms with Gasteiger partial charge in [0.15, 0.2) is 0 Å². The fourth-order valence-corrected chi connectivity index (χ4v) is 8.36. The summed E-state index contributed by atoms with van der Waals surface area (Å²) < 4.78 is 7.01. The molecule has 0 N–H and O–H groups in total. The van der Waals surface area contributed by atoms with Crippen molar-refractivity contribution in [1.82, 2.24) is 0 Å². The monoisotopic (exact) mass is 732 g/mol. The molecule has 0 fully saturated rings. The zero-order valence-electron chi connectivity index (χ0n) is 31.9. The van der Waals surface area contributed by atoms with E-state index in [1.165, 1.54) is 22.3 Å². The third-order valence-corrected chi connectivity index (χ3v) is 10.9. The molecule has 57 heavy (non-hydrogen) atoms. The van der Waals surface area contributed by atoms with Crippen molar-refractivity contribution >= 4 is 66.8 Å². The summed E-state index contributed by atoms with van der Waals surface area (Å²) in [5, 5.41) is 4.50. The number of hydrogen-bond acceptors (Lipinski definition) is 3. The molecule has 3 nitrogen and oxygen atoms in total. The molecule has 3 heteroatoms. The molecule has 1 heterocycles. The van der Waals surface area contributed by atoms with Crippen molar-refractivity contribution < 1.29 is 4.42 Å². The van der Waals surface area contributed by atoms with Gasteiger partial charge >= 0.3 is 0 Å². The van der Waals surface area contributed by atoms with Crippen LogP contribution in [0, 0.1) is 13.8 Å². The second-order valence-corrected chi connectivity index (χ2v) is 14.7. The molecule has 0 saturated carbocycles. The van der Waals surface area contributed by atoms with Crippen LogP contribution in [0.1, 0.15) is 11.1 Å². The highest BCUT2D eigenvalue weighted by Crippen LogP contribution is 2.48. The smallest absolute Gasteiger partial charge is 0.138 e. The van der Waals surface area contributed by atoms with Gasteiger partial charge in [0.05, 0.1) is 17.1 Å². The lowest BCUT2D eigenvalue weighted by atomic mass is 9.98. The molecule has 10 aromatic rings. The van der Waals surface area contributed by atoms with Gasteiger partial charge in [-0.3, -0.25) is 0 Å². The molecule has 0 spiro atoms. The first kappa shape index (κ1) is 34.2. The number of anilines is 6. The van der Waals surface area contributed by atoms with Crippen molar-refractivity contribution in [2.75, 3.05) is 9.80 Å². The average molecular weight is 733 g/mol. The third-order valence-electron chi connectivity index (χ3n) is 10.9. The maximum Gasteiger partial charge on any atom is 0.138 e. The molecule has 0 radical (unpaired) electrons. The standard InChI is InChI=1S/C54H40N2O/c1-37-17-15-23-41(33-37)55(49-29-13-11-25-44(49)39-19-5-3-6-20-39)43-31-32-48-52(35-43)57-53-36-51(46-27-9-10-28-47(46)54(48)53)56(42-24-16-18-38(2)34-42)50-30-14-12-26-45(50)40-21-7-4-8-22-40/h3-36H,1-2H3. The van der Waals surface area contributed by atoms with Gasteiger partial charge in [0.1, 0.15) is 11.2 Å². The zero-order chi connectivity index (χ0) is 38.3. The van der Waals surface area contributed by atoms with E-state index in [9.17, 15) is 0 Å². The summed E-state index contributed by atoms with van der Waals surface area (Å²) in [6.45, 7) is 4.30. The van der Waals surface area contributed by atoms with E-state index >= 15 is 0 Å². The number of nitrogens with zero attached hydrogens (tertiary/aromatic N) is 2. The van der Waals surface area contributed by atoms with Crippen LogP contribution in [0.2, 0.25) is 0 Å². The molecule has 1 aromatic heterocycles. The Morgan fingerprint density at radius 1 is 0.333 bits per heavy atom. The highest BCUT2D eigenvalue weighted by Gasteiger charge is 2.24. The molecule has 0 atom stereocenters. The summed E-state index contributed by atoms with van der Waals surface area (Å²) >= 11 is 0. The second kappa shape index (κ2) is 14.4. The van der Waals surface area contributed by atoms with Crippen molar-refractivity contribution in [1.29, 1.82) is 0 Å². The van der Waals surface area contributed by atoms with E-state index < -0.39 is 0 Å². The summed E-state index contributed by atoms with van der Waals surface area (Å²) in [5.41, 5.74) is 15.2. The molecule has 272 valence electrons. The van der Waals surface area contributed by atoms with Crippen LogP contribution in [0.15, 0.2) is 211 Å². The van der Waals surface area contributed by atoms with E-state index in [0.717, 1.165) is 78.0 Å². The zero-order valence-corrected chi connectivity index (χ0v) is 31.9. The van der Waals surface area contributed by atoms with Crippen molar-refractivity contribution in [3.8, 4) is 22.3 Å². The Bertz CT molecular complexity index is 3060. The van der Waals surface area contributed by atoms with Crippen LogP contribution in [-0.4, -0.2) is 0 Å². The van der Waals surface area contributed by atoms with E-state index in [1.807, 2.05) is 0 Å². The number of hydrogen-bond donors (Lipinski definition) is 0. The number of aryl methyl sites for hydroxylation is 2. The first-order valence-corrected chi connectivity index (χ1v) is 19.5. The van der Waals surface area contributed by atoms with Gasteiger partial charge in [0.25, 0.3) is 0 Å². The van der Waals surface area contributed by atoms with Crippen LogP contribution >= 0.6 is 0 Å². The van der Waals surface area contributed by atoms with Crippen LogP contribution in [0.25, 0.3) is 55.0 Å². The maximum atomic E-state index is 7.01. The van der Waals surface area contributed by atoms with Gasteiger partial charge in [0, 0.05) is 56.5 Å². The minimum Gasteiger partial charge on any atom is -0.456 e. The summed E-state index contributed by atoms with van der Waals surface area (Å²) in [6.07, 6.45) is 0. The molecule has 0 aliphatic carbocycles. The van der Waals surface area contributed by atoms with E-state index in [0.29, 0.717) is 0 Å². The summed E-state index contributed by atoms with van der Waals surface area (Å²) in [6, 6.07) is 73.7. The number of fused-ring (bicyclic) bond motifs is 5. The van der Waals surface area contributed by atoms with Crippen LogP contribution in [0.4, 0.5) is 34.1 Å². The van der Waals surface area contributed by atoms with Crippen LogP contribution in [-0.2, 0) is 0 Å². The first-order chi connectivity index (χ1) is 28.1. The lowest BCUT2D eigenvalue weighted by Gasteiger charge is -2.29. The van der Waals surface area contributed by atoms with Crippen LogP contribution < -0.4 is 9.80 Å². The van der Waals surface area contributed by atoms with Crippen LogP contribution in [0.5, 0.6) is 0 Å². The van der Waals surface area contributed by atoms with E-state index in [1.54, 1.807) is 0 Å². The Kier molecular flexibility index (Phi) is 8.61. The fraction of sp³-hybridized carbons (Fsp3) is 0.0370. The highest BCUT2D eigenvalue weighted by atomic mass is 16.3. The molecule has 9 aromatic carbocycles. The lowest BCUT2D eigenvalue weighted by Crippen LogP contribution is -2.12. The Hall–Kier alpha value is -7.36. The molecule has 0 unspecified atom stereocenters. The maximum absolute atomic E-state index is 7.01. The average Bonchev–Trinajstić information content (AvgIpc) is 3.63. The predicted octanol–water partition coefficient (Wildman–Crippen LogP) is 15.6. The van der Waals surface area contributed by atoms with Crippen molar-refractivity contribution in [2.45, 2.75) is 13.8 Å². The fourth-order valence-electron chi connectivity index (χ4n) is 8.36. The number of furan rings is 1. The molecular formula is C54H40N2O. The predicted molar refractivity (Wildman–Crippen MR) is 241 cm³/mol. The number of rotatable bonds is 8. The van der Waals surface area contributed by atoms with E-state index in [2.05, 4.69) is 230 Å². The number of benzene rings is 9. The Morgan fingerprint density at radius 2 is 0.842 bits per heavy atom. The summed E-state index contributed by atoms with van der Waals surface area (Å²) in [7, 11) is 0. The number of para-hydroxylation sites is 2. The molecule has 0 bridgehead atoms. The quantitative estimate of drug-likeness (QED) is 0.155. The van der Waals surface area contributed by atoms with Gasteiger partial charge in [-0.25, -0.2) is 0 Å². The largest absolute Gasteiger partial charge is 0.456 e. The normalized spacial score (nSPS) is 11.3. The Labute approximate surface area is 333 Å². The van der Waals surface area contributed by atoms with Gasteiger partial charge < -0.3 is 14.2 Å². The van der Waals surface area contributed by atoms with Crippen molar-refractivity contribution in [2.24, 2.45) is 0 Å². The van der Waals surface area contributed by atoms with Crippen LogP contribution in [0.3, 0.4) is 0 Å². The third kappa shape index (κ3) is 6.20.